The van der Waals surface area contributed by atoms with Crippen molar-refractivity contribution in [2.45, 2.75) is 31.5 Å². The molecule has 34 heavy (non-hydrogen) atoms. The van der Waals surface area contributed by atoms with Crippen molar-refractivity contribution in [1.29, 1.82) is 0 Å². The van der Waals surface area contributed by atoms with Gasteiger partial charge in [-0.1, -0.05) is 12.1 Å². The molecule has 0 bridgehead atoms. The molecule has 4 rings (SSSR count). The highest BCUT2D eigenvalue weighted by molar-refractivity contribution is 5.53. The summed E-state index contributed by atoms with van der Waals surface area (Å²) in [5.74, 6) is -0.520. The van der Waals surface area contributed by atoms with Gasteiger partial charge < -0.3 is 24.8 Å². The average molecular weight is 484 g/mol. The van der Waals surface area contributed by atoms with Gasteiger partial charge in [0.05, 0.1) is 24.8 Å². The van der Waals surface area contributed by atoms with Crippen molar-refractivity contribution in [2.75, 3.05) is 56.3 Å². The Bertz CT molecular complexity index is 947. The molecule has 0 saturated carbocycles. The first-order valence-electron chi connectivity index (χ1n) is 11.3. The van der Waals surface area contributed by atoms with Crippen LogP contribution >= 0.6 is 0 Å². The summed E-state index contributed by atoms with van der Waals surface area (Å²) in [5, 5.41) is 12.6. The van der Waals surface area contributed by atoms with E-state index in [4.69, 9.17) is 9.47 Å². The normalized spacial score (nSPS) is 20.9. The van der Waals surface area contributed by atoms with Crippen LogP contribution in [0.2, 0.25) is 0 Å². The van der Waals surface area contributed by atoms with Crippen molar-refractivity contribution < 1.29 is 32.1 Å². The van der Waals surface area contributed by atoms with E-state index in [1.54, 1.807) is 4.90 Å². The third-order valence-corrected chi connectivity index (χ3v) is 6.62. The molecule has 3 heterocycles. The molecule has 7 nitrogen and oxygen atoms in total. The number of morpholine rings is 1. The Balaban J connectivity index is 1.55. The molecule has 11 heteroatoms. The second kappa shape index (κ2) is 10.4. The summed E-state index contributed by atoms with van der Waals surface area (Å²) >= 11 is 0. The number of alkyl halides is 3. The number of benzene rings is 1. The fourth-order valence-electron chi connectivity index (χ4n) is 4.54. The van der Waals surface area contributed by atoms with E-state index in [0.29, 0.717) is 44.9 Å². The summed E-state index contributed by atoms with van der Waals surface area (Å²) in [6.07, 6.45) is -1.09. The first-order chi connectivity index (χ1) is 16.3. The third-order valence-electron chi connectivity index (χ3n) is 6.62. The Morgan fingerprint density at radius 2 is 1.82 bits per heavy atom. The number of nitrogens with zero attached hydrogens (tertiary/aromatic N) is 3. The number of aliphatic hydroxyl groups is 1. The number of hydrogen-bond acceptors (Lipinski definition) is 7. The molecule has 1 aromatic carbocycles. The molecule has 0 radical (unpaired) electrons. The number of rotatable bonds is 7. The predicted molar refractivity (Wildman–Crippen MR) is 117 cm³/mol. The van der Waals surface area contributed by atoms with Gasteiger partial charge in [-0.15, -0.1) is 0 Å². The van der Waals surface area contributed by atoms with E-state index < -0.39 is 23.6 Å². The molecular weight excluding hydrogens is 456 g/mol. The van der Waals surface area contributed by atoms with Crippen LogP contribution in [-0.2, 0) is 15.7 Å². The highest BCUT2D eigenvalue weighted by Crippen LogP contribution is 2.36. The van der Waals surface area contributed by atoms with Gasteiger partial charge in [-0.25, -0.2) is 9.97 Å². The lowest BCUT2D eigenvalue weighted by atomic mass is 9.77. The largest absolute Gasteiger partial charge is 0.416 e. The lowest BCUT2D eigenvalue weighted by molar-refractivity contribution is -0.137. The Labute approximate surface area is 195 Å². The second-order valence-corrected chi connectivity index (χ2v) is 8.70. The van der Waals surface area contributed by atoms with Crippen LogP contribution in [0.15, 0.2) is 30.6 Å². The average Bonchev–Trinajstić information content (AvgIpc) is 2.84. The molecule has 0 unspecified atom stereocenters. The Hall–Kier alpha value is -2.50. The zero-order valence-corrected chi connectivity index (χ0v) is 18.7. The third kappa shape index (κ3) is 5.42. The number of aliphatic hydroxyl groups excluding tert-OH is 1. The Kier molecular flexibility index (Phi) is 7.54. The van der Waals surface area contributed by atoms with Gasteiger partial charge in [0.15, 0.2) is 11.6 Å². The van der Waals surface area contributed by atoms with Gasteiger partial charge >= 0.3 is 6.18 Å². The maximum absolute atomic E-state index is 15.5. The molecular formula is C23H28F4N4O3. The SMILES string of the molecule is OCCC1(CNc2ncnc(N3CCOC[C@@H]3c3ccc(C(F)(F)F)cc3)c2F)CCOCC1. The highest BCUT2D eigenvalue weighted by atomic mass is 19.4. The molecule has 2 aliphatic rings. The monoisotopic (exact) mass is 484 g/mol. The van der Waals surface area contributed by atoms with Crippen LogP contribution in [-0.4, -0.2) is 61.2 Å². The molecule has 2 N–H and O–H groups in total. The summed E-state index contributed by atoms with van der Waals surface area (Å²) in [6, 6.07) is 4.30. The molecule has 0 amide bonds. The number of aromatic nitrogens is 2. The summed E-state index contributed by atoms with van der Waals surface area (Å²) in [6.45, 7) is 2.48. The second-order valence-electron chi connectivity index (χ2n) is 8.70. The molecule has 2 saturated heterocycles. The van der Waals surface area contributed by atoms with E-state index in [1.165, 1.54) is 18.5 Å². The summed E-state index contributed by atoms with van der Waals surface area (Å²) in [7, 11) is 0. The van der Waals surface area contributed by atoms with Crippen LogP contribution < -0.4 is 10.2 Å². The maximum Gasteiger partial charge on any atom is 0.416 e. The Morgan fingerprint density at radius 3 is 2.50 bits per heavy atom. The van der Waals surface area contributed by atoms with E-state index in [-0.39, 0.29) is 30.3 Å². The smallest absolute Gasteiger partial charge is 0.396 e. The number of hydrogen-bond donors (Lipinski definition) is 2. The van der Waals surface area contributed by atoms with Crippen LogP contribution in [0, 0.1) is 11.2 Å². The van der Waals surface area contributed by atoms with Crippen molar-refractivity contribution in [3.05, 3.63) is 47.5 Å². The maximum atomic E-state index is 15.5. The first kappa shape index (κ1) is 24.6. The molecule has 2 aromatic rings. The van der Waals surface area contributed by atoms with Crippen molar-refractivity contribution in [1.82, 2.24) is 9.97 Å². The fourth-order valence-corrected chi connectivity index (χ4v) is 4.54. The predicted octanol–water partition coefficient (Wildman–Crippen LogP) is 3.80. The molecule has 186 valence electrons. The topological polar surface area (TPSA) is 79.7 Å². The van der Waals surface area contributed by atoms with Crippen LogP contribution in [0.5, 0.6) is 0 Å². The van der Waals surface area contributed by atoms with E-state index in [0.717, 1.165) is 25.0 Å². The summed E-state index contributed by atoms with van der Waals surface area (Å²) in [5.41, 5.74) is -0.389. The molecule has 2 aliphatic heterocycles. The zero-order valence-electron chi connectivity index (χ0n) is 18.7. The minimum absolute atomic E-state index is 0.0295. The number of halogens is 4. The lowest BCUT2D eigenvalue weighted by Crippen LogP contribution is -2.41. The van der Waals surface area contributed by atoms with Crippen molar-refractivity contribution in [3.63, 3.8) is 0 Å². The van der Waals surface area contributed by atoms with Gasteiger partial charge in [0.2, 0.25) is 5.82 Å². The number of anilines is 2. The van der Waals surface area contributed by atoms with Gasteiger partial charge in [0.1, 0.15) is 6.33 Å². The van der Waals surface area contributed by atoms with Gasteiger partial charge in [-0.2, -0.15) is 17.6 Å². The lowest BCUT2D eigenvalue weighted by Gasteiger charge is -2.38. The van der Waals surface area contributed by atoms with Crippen molar-refractivity contribution >= 4 is 11.6 Å². The van der Waals surface area contributed by atoms with E-state index in [2.05, 4.69) is 15.3 Å². The summed E-state index contributed by atoms with van der Waals surface area (Å²) in [4.78, 5) is 9.92. The summed E-state index contributed by atoms with van der Waals surface area (Å²) < 4.78 is 65.4. The van der Waals surface area contributed by atoms with Gasteiger partial charge in [-0.05, 0) is 42.4 Å². The molecule has 0 aliphatic carbocycles. The van der Waals surface area contributed by atoms with Gasteiger partial charge in [-0.3, -0.25) is 0 Å². The fraction of sp³-hybridized carbons (Fsp3) is 0.565. The first-order valence-corrected chi connectivity index (χ1v) is 11.3. The zero-order chi connectivity index (χ0) is 24.2. The number of ether oxygens (including phenoxy) is 2. The number of nitrogens with one attached hydrogen (secondary N) is 1. The van der Waals surface area contributed by atoms with E-state index >= 15 is 4.39 Å². The minimum Gasteiger partial charge on any atom is -0.396 e. The molecule has 2 fully saturated rings. The van der Waals surface area contributed by atoms with Crippen LogP contribution in [0.4, 0.5) is 29.2 Å². The Morgan fingerprint density at radius 1 is 1.09 bits per heavy atom. The molecule has 1 aromatic heterocycles. The quantitative estimate of drug-likeness (QED) is 0.579. The van der Waals surface area contributed by atoms with E-state index in [9.17, 15) is 18.3 Å². The van der Waals surface area contributed by atoms with E-state index in [1.807, 2.05) is 0 Å². The van der Waals surface area contributed by atoms with Crippen molar-refractivity contribution in [2.24, 2.45) is 5.41 Å². The van der Waals surface area contributed by atoms with Crippen LogP contribution in [0.25, 0.3) is 0 Å². The molecule has 1 atom stereocenters. The standard InChI is InChI=1S/C23H28F4N4O3/c24-19-20(28-14-22(5-9-32)6-10-33-11-7-22)29-15-30-21(19)31-8-12-34-13-18(31)16-1-3-17(4-2-16)23(25,26)27/h1-4,15,18,32H,5-14H2,(H,28,29,30)/t18-/m1/s1. The van der Waals surface area contributed by atoms with Gasteiger partial charge in [0.25, 0.3) is 0 Å². The molecule has 0 spiro atoms. The minimum atomic E-state index is -4.43. The van der Waals surface area contributed by atoms with Gasteiger partial charge in [0, 0.05) is 32.9 Å². The van der Waals surface area contributed by atoms with Crippen LogP contribution in [0.1, 0.15) is 36.4 Å². The van der Waals surface area contributed by atoms with Crippen LogP contribution in [0.3, 0.4) is 0 Å². The van der Waals surface area contributed by atoms with Crippen molar-refractivity contribution in [3.8, 4) is 0 Å². The highest BCUT2D eigenvalue weighted by Gasteiger charge is 2.34.